The van der Waals surface area contributed by atoms with Gasteiger partial charge >= 0.3 is 5.97 Å². The molecule has 3 rings (SSSR count). The third kappa shape index (κ3) is 5.73. The van der Waals surface area contributed by atoms with Gasteiger partial charge in [-0.2, -0.15) is 0 Å². The largest absolute Gasteiger partial charge is 0.486 e. The zero-order chi connectivity index (χ0) is 20.8. The van der Waals surface area contributed by atoms with Crippen LogP contribution in [0.5, 0.6) is 11.5 Å². The van der Waals surface area contributed by atoms with E-state index in [1.165, 1.54) is 0 Å². The molecule has 0 spiro atoms. The zero-order valence-electron chi connectivity index (χ0n) is 16.4. The molecular weight excluding hydrogens is 438 g/mol. The minimum atomic E-state index is -0.720. The summed E-state index contributed by atoms with van der Waals surface area (Å²) in [7, 11) is 0. The van der Waals surface area contributed by atoms with Gasteiger partial charge in [-0.05, 0) is 23.6 Å². The predicted octanol–water partition coefficient (Wildman–Crippen LogP) is 3.65. The van der Waals surface area contributed by atoms with Crippen LogP contribution in [0.1, 0.15) is 25.0 Å². The van der Waals surface area contributed by atoms with Gasteiger partial charge in [0.25, 0.3) is 0 Å². The Hall–Kier alpha value is -2.54. The molecule has 0 aromatic heterocycles. The summed E-state index contributed by atoms with van der Waals surface area (Å²) in [6, 6.07) is 12.3. The first kappa shape index (κ1) is 21.2. The second kappa shape index (κ2) is 9.78. The molecule has 1 heterocycles. The van der Waals surface area contributed by atoms with E-state index in [0.29, 0.717) is 24.7 Å². The molecule has 154 valence electrons. The summed E-state index contributed by atoms with van der Waals surface area (Å²) < 4.78 is 17.4. The summed E-state index contributed by atoms with van der Waals surface area (Å²) in [5, 5.41) is 2.80. The fourth-order valence-corrected chi connectivity index (χ4v) is 3.40. The lowest BCUT2D eigenvalue weighted by Crippen LogP contribution is -2.45. The lowest BCUT2D eigenvalue weighted by molar-refractivity contribution is -0.150. The Morgan fingerprint density at radius 1 is 1.10 bits per heavy atom. The minimum absolute atomic E-state index is 0.0633. The van der Waals surface area contributed by atoms with Crippen molar-refractivity contribution in [1.82, 2.24) is 5.32 Å². The molecule has 2 aromatic carbocycles. The highest BCUT2D eigenvalue weighted by atomic mass is 79.9. The van der Waals surface area contributed by atoms with Crippen LogP contribution in [0.15, 0.2) is 46.9 Å². The van der Waals surface area contributed by atoms with Crippen LogP contribution in [0.25, 0.3) is 0 Å². The van der Waals surface area contributed by atoms with Crippen LogP contribution >= 0.6 is 15.9 Å². The molecule has 0 bridgehead atoms. The number of hydrogen-bond acceptors (Lipinski definition) is 5. The molecule has 6 nitrogen and oxygen atoms in total. The summed E-state index contributed by atoms with van der Waals surface area (Å²) in [6.45, 7) is 4.79. The van der Waals surface area contributed by atoms with Gasteiger partial charge in [-0.15, -0.1) is 0 Å². The molecule has 0 saturated heterocycles. The average Bonchev–Trinajstić information content (AvgIpc) is 2.70. The molecule has 2 aromatic rings. The Morgan fingerprint density at radius 3 is 2.41 bits per heavy atom. The highest BCUT2D eigenvalue weighted by Crippen LogP contribution is 2.35. The van der Waals surface area contributed by atoms with Gasteiger partial charge in [-0.3, -0.25) is 4.79 Å². The molecule has 0 fully saturated rings. The SMILES string of the molecule is CC(C)[C@H](NC(=O)Cc1ccccc1)C(=O)OCc1cc2c(cc1Br)OCCO2. The molecule has 0 radical (unpaired) electrons. The van der Waals surface area contributed by atoms with Crippen LogP contribution in [0.4, 0.5) is 0 Å². The number of carbonyl (C=O) groups excluding carboxylic acids is 2. The molecule has 0 unspecified atom stereocenters. The molecule has 1 atom stereocenters. The van der Waals surface area contributed by atoms with Crippen LogP contribution < -0.4 is 14.8 Å². The van der Waals surface area contributed by atoms with Crippen molar-refractivity contribution in [2.75, 3.05) is 13.2 Å². The highest BCUT2D eigenvalue weighted by molar-refractivity contribution is 9.10. The van der Waals surface area contributed by atoms with Crippen molar-refractivity contribution in [3.05, 3.63) is 58.1 Å². The monoisotopic (exact) mass is 461 g/mol. The maximum Gasteiger partial charge on any atom is 0.329 e. The van der Waals surface area contributed by atoms with Gasteiger partial charge in [0.05, 0.1) is 6.42 Å². The van der Waals surface area contributed by atoms with E-state index in [1.807, 2.05) is 44.2 Å². The molecule has 29 heavy (non-hydrogen) atoms. The number of esters is 1. The second-order valence-electron chi connectivity index (χ2n) is 7.15. The standard InChI is InChI=1S/C22H24BrNO5/c1-14(2)21(24-20(25)10-15-6-4-3-5-7-15)22(26)29-13-16-11-18-19(12-17(16)23)28-9-8-27-18/h3-7,11-12,14,21H,8-10,13H2,1-2H3,(H,24,25)/t21-/m0/s1. The second-order valence-corrected chi connectivity index (χ2v) is 8.00. The highest BCUT2D eigenvalue weighted by Gasteiger charge is 2.26. The lowest BCUT2D eigenvalue weighted by Gasteiger charge is -2.22. The number of amides is 1. The topological polar surface area (TPSA) is 73.9 Å². The van der Waals surface area contributed by atoms with E-state index < -0.39 is 12.0 Å². The molecular formula is C22H24BrNO5. The zero-order valence-corrected chi connectivity index (χ0v) is 18.0. The van der Waals surface area contributed by atoms with Gasteiger partial charge in [0, 0.05) is 10.0 Å². The first-order valence-electron chi connectivity index (χ1n) is 9.52. The van der Waals surface area contributed by atoms with Gasteiger partial charge in [-0.25, -0.2) is 4.79 Å². The number of ether oxygens (including phenoxy) is 3. The van der Waals surface area contributed by atoms with E-state index in [1.54, 1.807) is 12.1 Å². The number of halogens is 1. The van der Waals surface area contributed by atoms with Crippen LogP contribution in [0, 0.1) is 5.92 Å². The van der Waals surface area contributed by atoms with Crippen molar-refractivity contribution in [2.45, 2.75) is 32.9 Å². The van der Waals surface area contributed by atoms with Crippen molar-refractivity contribution >= 4 is 27.8 Å². The Labute approximate surface area is 178 Å². The maximum atomic E-state index is 12.6. The lowest BCUT2D eigenvalue weighted by atomic mass is 10.0. The number of benzene rings is 2. The Morgan fingerprint density at radius 2 is 1.76 bits per heavy atom. The quantitative estimate of drug-likeness (QED) is 0.637. The summed E-state index contributed by atoms with van der Waals surface area (Å²) in [5.74, 6) is 0.495. The fraction of sp³-hybridized carbons (Fsp3) is 0.364. The fourth-order valence-electron chi connectivity index (χ4n) is 2.96. The minimum Gasteiger partial charge on any atom is -0.486 e. The Kier molecular flexibility index (Phi) is 7.14. The Balaban J connectivity index is 1.60. The number of fused-ring (bicyclic) bond motifs is 1. The number of nitrogens with one attached hydrogen (secondary N) is 1. The molecule has 1 aliphatic rings. The predicted molar refractivity (Wildman–Crippen MR) is 112 cm³/mol. The summed E-state index contributed by atoms with van der Waals surface area (Å²) >= 11 is 3.47. The van der Waals surface area contributed by atoms with Gasteiger partial charge in [0.2, 0.25) is 5.91 Å². The van der Waals surface area contributed by atoms with Crippen molar-refractivity contribution in [3.8, 4) is 11.5 Å². The van der Waals surface area contributed by atoms with E-state index in [2.05, 4.69) is 21.2 Å². The Bertz CT molecular complexity index is 869. The van der Waals surface area contributed by atoms with Crippen LogP contribution in [-0.4, -0.2) is 31.1 Å². The molecule has 1 amide bonds. The van der Waals surface area contributed by atoms with E-state index in [-0.39, 0.29) is 24.9 Å². The summed E-state index contributed by atoms with van der Waals surface area (Å²) in [4.78, 5) is 25.0. The van der Waals surface area contributed by atoms with Gasteiger partial charge in [-0.1, -0.05) is 60.1 Å². The number of rotatable bonds is 7. The molecule has 0 aliphatic carbocycles. The van der Waals surface area contributed by atoms with Crippen molar-refractivity contribution in [2.24, 2.45) is 5.92 Å². The number of carbonyl (C=O) groups is 2. The van der Waals surface area contributed by atoms with Gasteiger partial charge < -0.3 is 19.5 Å². The van der Waals surface area contributed by atoms with E-state index in [9.17, 15) is 9.59 Å². The van der Waals surface area contributed by atoms with Gasteiger partial charge in [0.1, 0.15) is 25.9 Å². The molecule has 0 saturated carbocycles. The van der Waals surface area contributed by atoms with Crippen LogP contribution in [-0.2, 0) is 27.4 Å². The first-order chi connectivity index (χ1) is 13.9. The number of hydrogen-bond donors (Lipinski definition) is 1. The first-order valence-corrected chi connectivity index (χ1v) is 10.3. The van der Waals surface area contributed by atoms with Crippen molar-refractivity contribution in [1.29, 1.82) is 0 Å². The van der Waals surface area contributed by atoms with Crippen molar-refractivity contribution in [3.63, 3.8) is 0 Å². The van der Waals surface area contributed by atoms with Crippen LogP contribution in [0.3, 0.4) is 0 Å². The normalized spacial score (nSPS) is 13.7. The van der Waals surface area contributed by atoms with Gasteiger partial charge in [0.15, 0.2) is 11.5 Å². The average molecular weight is 462 g/mol. The van der Waals surface area contributed by atoms with E-state index in [0.717, 1.165) is 15.6 Å². The van der Waals surface area contributed by atoms with E-state index >= 15 is 0 Å². The molecule has 7 heteroatoms. The van der Waals surface area contributed by atoms with Crippen molar-refractivity contribution < 1.29 is 23.8 Å². The van der Waals surface area contributed by atoms with E-state index in [4.69, 9.17) is 14.2 Å². The molecule has 1 N–H and O–H groups in total. The smallest absolute Gasteiger partial charge is 0.329 e. The molecule has 1 aliphatic heterocycles. The third-order valence-electron chi connectivity index (χ3n) is 4.53. The summed E-state index contributed by atoms with van der Waals surface area (Å²) in [6.07, 6.45) is 0.213. The third-order valence-corrected chi connectivity index (χ3v) is 5.26. The maximum absolute atomic E-state index is 12.6. The summed E-state index contributed by atoms with van der Waals surface area (Å²) in [5.41, 5.74) is 1.65. The van der Waals surface area contributed by atoms with Crippen LogP contribution in [0.2, 0.25) is 0 Å².